The maximum Gasteiger partial charge on any atom is 0.335 e. The largest absolute Gasteiger partial charge is 0.501 e. The van der Waals surface area contributed by atoms with Crippen LogP contribution in [0.1, 0.15) is 104 Å². The number of carbonyl (C=O) groups is 2. The fourth-order valence-electron chi connectivity index (χ4n) is 6.19. The molecular weight excluding hydrogens is 856 g/mol. The molecule has 22 nitrogen and oxygen atoms in total. The zero-order chi connectivity index (χ0) is 48.6. The van der Waals surface area contributed by atoms with Crippen molar-refractivity contribution >= 4 is 11.9 Å². The van der Waals surface area contributed by atoms with Crippen LogP contribution >= 0.6 is 0 Å². The van der Waals surface area contributed by atoms with E-state index in [2.05, 4.69) is 37.5 Å². The molecule has 8 aliphatic rings. The molecule has 3 saturated carbocycles. The monoisotopic (exact) mass is 937 g/mol. The second-order valence-electron chi connectivity index (χ2n) is 16.5. The van der Waals surface area contributed by atoms with Gasteiger partial charge in [-0.05, 0) is 75.7 Å². The molecule has 5 aliphatic heterocycles. The quantitative estimate of drug-likeness (QED) is 0.131. The third-order valence-corrected chi connectivity index (χ3v) is 10.2. The van der Waals surface area contributed by atoms with E-state index in [4.69, 9.17) is 76.2 Å². The van der Waals surface area contributed by atoms with Gasteiger partial charge in [0.25, 0.3) is 0 Å². The number of cyclic esters (lactones) is 1. The summed E-state index contributed by atoms with van der Waals surface area (Å²) in [5, 5.41) is 121. The van der Waals surface area contributed by atoms with Crippen molar-refractivity contribution in [3.8, 4) is 0 Å². The van der Waals surface area contributed by atoms with Gasteiger partial charge in [-0.2, -0.15) is 0 Å². The predicted molar refractivity (Wildman–Crippen MR) is 224 cm³/mol. The van der Waals surface area contributed by atoms with Crippen molar-refractivity contribution in [2.75, 3.05) is 46.8 Å². The molecule has 7 fully saturated rings. The van der Waals surface area contributed by atoms with Gasteiger partial charge in [0.05, 0.1) is 96.1 Å². The third-order valence-electron chi connectivity index (χ3n) is 10.2. The SMILES string of the molecule is C1=COCC1.COC(=O)C[C@H](O)CO.C[C@@H]1CC[C@@H](O)C1.C[C@@H]1CC[C@H](O)C1.O=C1OCC[C@@H]1O.OC1CCC(O)C1.OC1C[C@@H](O)CO1.OC1OCC[C@@H]1O.OC1OC[C@H](O)[C@@H]1O. The van der Waals surface area contributed by atoms with Crippen molar-refractivity contribution in [3.05, 3.63) is 12.3 Å². The summed E-state index contributed by atoms with van der Waals surface area (Å²) in [5.41, 5.74) is 0. The van der Waals surface area contributed by atoms with E-state index in [0.717, 1.165) is 63.4 Å². The number of ether oxygens (including phenoxy) is 6. The molecule has 22 heteroatoms. The van der Waals surface area contributed by atoms with Crippen LogP contribution in [0.4, 0.5) is 0 Å². The molecular formula is C42H80O22. The van der Waals surface area contributed by atoms with Gasteiger partial charge < -0.3 is 99.9 Å². The lowest BCUT2D eigenvalue weighted by molar-refractivity contribution is -0.145. The van der Waals surface area contributed by atoms with E-state index in [1.807, 2.05) is 6.08 Å². The van der Waals surface area contributed by atoms with Crippen LogP contribution in [0.25, 0.3) is 0 Å². The van der Waals surface area contributed by atoms with E-state index in [1.54, 1.807) is 6.26 Å². The summed E-state index contributed by atoms with van der Waals surface area (Å²) in [6, 6.07) is 0. The molecule has 15 atom stereocenters. The number of aliphatic hydroxyl groups is 14. The van der Waals surface area contributed by atoms with E-state index in [-0.39, 0.29) is 44.1 Å². The van der Waals surface area contributed by atoms with Crippen LogP contribution in [0.3, 0.4) is 0 Å². The molecule has 3 aliphatic carbocycles. The summed E-state index contributed by atoms with van der Waals surface area (Å²) in [4.78, 5) is 20.4. The molecule has 4 saturated heterocycles. The summed E-state index contributed by atoms with van der Waals surface area (Å²) in [6.07, 6.45) is 6.52. The van der Waals surface area contributed by atoms with Crippen molar-refractivity contribution in [1.29, 1.82) is 0 Å². The highest BCUT2D eigenvalue weighted by molar-refractivity contribution is 5.75. The topological polar surface area (TPSA) is 373 Å². The van der Waals surface area contributed by atoms with Crippen LogP contribution in [0.5, 0.6) is 0 Å². The van der Waals surface area contributed by atoms with Crippen molar-refractivity contribution < 1.29 is 110 Å². The van der Waals surface area contributed by atoms with E-state index >= 15 is 0 Å². The molecule has 0 bridgehead atoms. The summed E-state index contributed by atoms with van der Waals surface area (Å²) >= 11 is 0. The third kappa shape index (κ3) is 32.5. The van der Waals surface area contributed by atoms with Crippen LogP contribution in [0.2, 0.25) is 0 Å². The molecule has 0 aromatic heterocycles. The van der Waals surface area contributed by atoms with Crippen molar-refractivity contribution in [3.63, 3.8) is 0 Å². The Kier molecular flexibility index (Phi) is 35.6. The maximum absolute atomic E-state index is 10.3. The Hall–Kier alpha value is -2.20. The average molecular weight is 937 g/mol. The van der Waals surface area contributed by atoms with Gasteiger partial charge in [-0.15, -0.1) is 0 Å². The Bertz CT molecular complexity index is 1060. The standard InChI is InChI=1S/2C6H12O.C5H10O4.C5H10O2.C4H8O4.2C4H8O3.C4H6O3.C4H6O/c2*1-5-2-3-6(7)4-5;1-9-5(8)2-4(7)3-6;6-4-1-2-5(7)3-4;5-2-1-8-4(7)3(2)6;5-3-1-4(6)7-2-3;2*5-3-1-2-7-4(3)6;1-2-4-5-3-1/h2*5-7H,2-4H2,1H3;4,6-7H,2-3H2,1H3;4-7H,1-3H2;2-7H,1H2;2*3-6H,1-2H2;3,5H,1-2H2;1,3H,2,4H2/t5-,6+;5-,6-;4-;;2-,3-,4?;2*3-,4?;3-;/m110.0100./s1. The molecule has 0 aromatic carbocycles. The van der Waals surface area contributed by atoms with Gasteiger partial charge >= 0.3 is 11.9 Å². The number of aliphatic hydroxyl groups excluding tert-OH is 14. The predicted octanol–water partition coefficient (Wildman–Crippen LogP) is -2.43. The highest BCUT2D eigenvalue weighted by Crippen LogP contribution is 2.24. The normalized spacial score (nSPS) is 35.5. The number of esters is 2. The molecule has 0 amide bonds. The molecule has 8 rings (SSSR count). The van der Waals surface area contributed by atoms with Crippen LogP contribution in [-0.2, 0) is 38.0 Å². The first-order valence-electron chi connectivity index (χ1n) is 22.0. The first-order chi connectivity index (χ1) is 30.2. The number of rotatable bonds is 3. The molecule has 64 heavy (non-hydrogen) atoms. The van der Waals surface area contributed by atoms with Gasteiger partial charge in [0, 0.05) is 25.7 Å². The Balaban J connectivity index is 0.000000699. The second kappa shape index (κ2) is 36.9. The van der Waals surface area contributed by atoms with Crippen LogP contribution in [-0.4, -0.2) is 210 Å². The van der Waals surface area contributed by atoms with Gasteiger partial charge in [0.15, 0.2) is 25.0 Å². The number of methoxy groups -OCH3 is 1. The van der Waals surface area contributed by atoms with Gasteiger partial charge in [-0.3, -0.25) is 4.79 Å². The van der Waals surface area contributed by atoms with Gasteiger partial charge in [0.1, 0.15) is 18.3 Å². The lowest BCUT2D eigenvalue weighted by Gasteiger charge is -2.06. The minimum atomic E-state index is -1.20. The Labute approximate surface area is 375 Å². The van der Waals surface area contributed by atoms with Gasteiger partial charge in [-0.25, -0.2) is 4.79 Å². The molecule has 5 heterocycles. The van der Waals surface area contributed by atoms with Crippen LogP contribution in [0, 0.1) is 11.8 Å². The zero-order valence-electron chi connectivity index (χ0n) is 37.5. The number of hydrogen-bond donors (Lipinski definition) is 14. The Morgan fingerprint density at radius 1 is 0.656 bits per heavy atom. The molecule has 0 aromatic rings. The smallest absolute Gasteiger partial charge is 0.335 e. The van der Waals surface area contributed by atoms with E-state index in [9.17, 15) is 9.59 Å². The maximum atomic E-state index is 10.3. The van der Waals surface area contributed by atoms with Crippen molar-refractivity contribution in [2.24, 2.45) is 11.8 Å². The van der Waals surface area contributed by atoms with E-state index in [0.29, 0.717) is 38.9 Å². The van der Waals surface area contributed by atoms with Crippen LogP contribution < -0.4 is 0 Å². The highest BCUT2D eigenvalue weighted by Gasteiger charge is 2.32. The van der Waals surface area contributed by atoms with Crippen molar-refractivity contribution in [2.45, 2.75) is 184 Å². The average Bonchev–Trinajstić information content (AvgIpc) is 4.14. The molecule has 14 N–H and O–H groups in total. The molecule has 5 unspecified atom stereocenters. The summed E-state index contributed by atoms with van der Waals surface area (Å²) in [6.45, 7) is 6.01. The highest BCUT2D eigenvalue weighted by atomic mass is 16.6. The molecule has 0 spiro atoms. The molecule has 0 radical (unpaired) electrons. The zero-order valence-corrected chi connectivity index (χ0v) is 37.5. The Morgan fingerprint density at radius 3 is 1.38 bits per heavy atom. The number of hydrogen-bond acceptors (Lipinski definition) is 22. The lowest BCUT2D eigenvalue weighted by atomic mass is 10.1. The summed E-state index contributed by atoms with van der Waals surface area (Å²) in [5.74, 6) is 0.543. The van der Waals surface area contributed by atoms with Gasteiger partial charge in [0.2, 0.25) is 0 Å². The lowest BCUT2D eigenvalue weighted by Crippen LogP contribution is -2.29. The summed E-state index contributed by atoms with van der Waals surface area (Å²) in [7, 11) is 1.23. The Morgan fingerprint density at radius 2 is 1.22 bits per heavy atom. The van der Waals surface area contributed by atoms with Gasteiger partial charge in [-0.1, -0.05) is 13.8 Å². The summed E-state index contributed by atoms with van der Waals surface area (Å²) < 4.78 is 26.9. The van der Waals surface area contributed by atoms with E-state index in [1.165, 1.54) is 20.0 Å². The molecule has 380 valence electrons. The van der Waals surface area contributed by atoms with Crippen LogP contribution in [0.15, 0.2) is 12.3 Å². The van der Waals surface area contributed by atoms with Crippen molar-refractivity contribution in [1.82, 2.24) is 0 Å². The minimum absolute atomic E-state index is 0.0162. The second-order valence-corrected chi connectivity index (χ2v) is 16.5. The first-order valence-corrected chi connectivity index (χ1v) is 22.0. The first kappa shape index (κ1) is 61.8. The minimum Gasteiger partial charge on any atom is -0.501 e. The number of carbonyl (C=O) groups excluding carboxylic acids is 2. The fraction of sp³-hybridized carbons (Fsp3) is 0.905. The fourth-order valence-corrected chi connectivity index (χ4v) is 6.19. The van der Waals surface area contributed by atoms with E-state index < -0.39 is 74.0 Å².